The number of aromatic hydroxyl groups is 1. The van der Waals surface area contributed by atoms with Crippen molar-refractivity contribution in [2.24, 2.45) is 0 Å². The van der Waals surface area contributed by atoms with Gasteiger partial charge in [0.25, 0.3) is 0 Å². The molecule has 0 unspecified atom stereocenters. The second-order valence-electron chi connectivity index (χ2n) is 12.3. The number of halogens is 5. The molecule has 0 saturated carbocycles. The van der Waals surface area contributed by atoms with Crippen LogP contribution in [0, 0.1) is 22.7 Å². The SMILES string of the molecule is C.C.CCCCC=C1SCCCS1.CCCCCC(F)(F)Oc1ccc(-c2ccc(C#N)cc2)cc1.N#Cc1ccc(-c2ccc(O)cc2)cc1.O=S(=O)(O)C(F)(F)F. The van der Waals surface area contributed by atoms with Crippen molar-refractivity contribution in [2.45, 2.75) is 91.7 Å². The average molecular weight is 881 g/mol. The lowest BCUT2D eigenvalue weighted by atomic mass is 10.0. The fraction of sp³-hybridized carbons (Fsp3) is 0.364. The van der Waals surface area contributed by atoms with Crippen molar-refractivity contribution >= 4 is 33.6 Å². The Morgan fingerprint density at radius 2 is 1.08 bits per heavy atom. The molecule has 15 heteroatoms. The molecule has 0 radical (unpaired) electrons. The van der Waals surface area contributed by atoms with E-state index in [1.165, 1.54) is 37.2 Å². The summed E-state index contributed by atoms with van der Waals surface area (Å²) in [6, 6.07) is 32.1. The van der Waals surface area contributed by atoms with E-state index >= 15 is 0 Å². The maximum Gasteiger partial charge on any atom is 0.522 e. The zero-order valence-corrected chi connectivity index (χ0v) is 34.0. The molecule has 1 saturated heterocycles. The summed E-state index contributed by atoms with van der Waals surface area (Å²) in [4.78, 5) is 0. The Labute approximate surface area is 355 Å². The number of phenols is 1. The summed E-state index contributed by atoms with van der Waals surface area (Å²) in [7, 11) is -5.84. The number of phenolic OH excluding ortho intramolecular Hbond substituents is 1. The number of rotatable bonds is 11. The van der Waals surface area contributed by atoms with E-state index < -0.39 is 21.7 Å². The van der Waals surface area contributed by atoms with Gasteiger partial charge < -0.3 is 9.84 Å². The average Bonchev–Trinajstić information content (AvgIpc) is 3.19. The highest BCUT2D eigenvalue weighted by molar-refractivity contribution is 8.22. The fourth-order valence-corrected chi connectivity index (χ4v) is 7.10. The van der Waals surface area contributed by atoms with Gasteiger partial charge in [-0.05, 0) is 102 Å². The van der Waals surface area contributed by atoms with Gasteiger partial charge in [0, 0.05) is 4.24 Å². The summed E-state index contributed by atoms with van der Waals surface area (Å²) >= 11 is 4.08. The van der Waals surface area contributed by atoms with E-state index in [1.54, 1.807) is 64.9 Å². The number of nitriles is 2. The molecule has 0 spiro atoms. The molecule has 1 aliphatic rings. The molecule has 0 bridgehead atoms. The second-order valence-corrected chi connectivity index (χ2v) is 16.2. The molecule has 1 fully saturated rings. The highest BCUT2D eigenvalue weighted by atomic mass is 32.2. The van der Waals surface area contributed by atoms with Gasteiger partial charge in [-0.3, -0.25) is 4.55 Å². The normalized spacial score (nSPS) is 12.1. The second kappa shape index (κ2) is 28.0. The molecule has 0 amide bonds. The van der Waals surface area contributed by atoms with Crippen LogP contribution >= 0.6 is 23.5 Å². The van der Waals surface area contributed by atoms with Crippen LogP contribution in [0.15, 0.2) is 107 Å². The molecule has 4 aromatic carbocycles. The van der Waals surface area contributed by atoms with Crippen LogP contribution in [0.3, 0.4) is 0 Å². The van der Waals surface area contributed by atoms with Crippen molar-refractivity contribution < 1.29 is 44.8 Å². The van der Waals surface area contributed by atoms with E-state index in [1.807, 2.05) is 66.8 Å². The summed E-state index contributed by atoms with van der Waals surface area (Å²) in [6.45, 7) is 4.22. The van der Waals surface area contributed by atoms with Gasteiger partial charge in [0.1, 0.15) is 11.5 Å². The molecule has 1 aliphatic heterocycles. The molecule has 2 N–H and O–H groups in total. The van der Waals surface area contributed by atoms with Crippen LogP contribution in [0.2, 0.25) is 0 Å². The number of ether oxygens (including phenoxy) is 1. The van der Waals surface area contributed by atoms with Gasteiger partial charge in [-0.1, -0.05) is 109 Å². The Balaban J connectivity index is 0.000000810. The van der Waals surface area contributed by atoms with E-state index in [-0.39, 0.29) is 32.8 Å². The Hall–Kier alpha value is -4.54. The van der Waals surface area contributed by atoms with E-state index in [4.69, 9.17) is 33.3 Å². The van der Waals surface area contributed by atoms with Gasteiger partial charge in [-0.15, -0.1) is 23.5 Å². The first kappa shape index (κ1) is 54.5. The molecule has 322 valence electrons. The van der Waals surface area contributed by atoms with Crippen LogP contribution in [0.4, 0.5) is 22.0 Å². The summed E-state index contributed by atoms with van der Waals surface area (Å²) in [5.41, 5.74) is -0.432. The Morgan fingerprint density at radius 1 is 0.695 bits per heavy atom. The minimum absolute atomic E-state index is 0. The molecular formula is C44H53F5N2O5S3. The monoisotopic (exact) mass is 880 g/mol. The van der Waals surface area contributed by atoms with Crippen molar-refractivity contribution in [3.8, 4) is 45.9 Å². The largest absolute Gasteiger partial charge is 0.522 e. The first-order valence-electron chi connectivity index (χ1n) is 18.0. The summed E-state index contributed by atoms with van der Waals surface area (Å²) in [6.07, 6.45) is 6.48. The fourth-order valence-electron chi connectivity index (χ4n) is 4.64. The van der Waals surface area contributed by atoms with Crippen LogP contribution in [0.5, 0.6) is 11.5 Å². The number of hydrogen-bond donors (Lipinski definition) is 2. The summed E-state index contributed by atoms with van der Waals surface area (Å²) in [5.74, 6) is 3.09. The number of allylic oxidation sites excluding steroid dienone is 1. The predicted octanol–water partition coefficient (Wildman–Crippen LogP) is 14.3. The highest BCUT2D eigenvalue weighted by Gasteiger charge is 2.44. The van der Waals surface area contributed by atoms with E-state index in [9.17, 15) is 22.0 Å². The maximum atomic E-state index is 13.7. The van der Waals surface area contributed by atoms with Crippen molar-refractivity contribution in [1.82, 2.24) is 0 Å². The molecule has 4 aromatic rings. The number of nitrogens with zero attached hydrogens (tertiary/aromatic N) is 2. The molecule has 59 heavy (non-hydrogen) atoms. The molecule has 0 aliphatic carbocycles. The van der Waals surface area contributed by atoms with Gasteiger partial charge in [0.15, 0.2) is 0 Å². The van der Waals surface area contributed by atoms with Crippen LogP contribution in [0.25, 0.3) is 22.3 Å². The van der Waals surface area contributed by atoms with Crippen molar-refractivity contribution in [3.63, 3.8) is 0 Å². The Kier molecular flexibility index (Phi) is 25.9. The van der Waals surface area contributed by atoms with E-state index in [0.717, 1.165) is 35.1 Å². The van der Waals surface area contributed by atoms with Gasteiger partial charge in [-0.25, -0.2) is 0 Å². The molecule has 0 aromatic heterocycles. The first-order valence-corrected chi connectivity index (χ1v) is 21.4. The topological polar surface area (TPSA) is 131 Å². The van der Waals surface area contributed by atoms with Crippen molar-refractivity contribution in [2.75, 3.05) is 11.5 Å². The van der Waals surface area contributed by atoms with E-state index in [2.05, 4.69) is 25.1 Å². The van der Waals surface area contributed by atoms with Gasteiger partial charge in [0.05, 0.1) is 29.7 Å². The van der Waals surface area contributed by atoms with Crippen LogP contribution in [-0.2, 0) is 10.1 Å². The molecule has 0 atom stereocenters. The van der Waals surface area contributed by atoms with Crippen molar-refractivity contribution in [3.05, 3.63) is 119 Å². The maximum absolute atomic E-state index is 13.7. The van der Waals surface area contributed by atoms with Crippen molar-refractivity contribution in [1.29, 1.82) is 10.5 Å². The lowest BCUT2D eigenvalue weighted by Gasteiger charge is -2.18. The molecule has 7 nitrogen and oxygen atoms in total. The lowest BCUT2D eigenvalue weighted by molar-refractivity contribution is -0.181. The standard InChI is InChI=1S/C19H19F2NO.C13H9NO.C9H16S2.CHF3O3S.2CH4/c1-2-3-4-13-19(20,21)23-18-11-9-17(10-12-18)16-7-5-15(14-22)6-8-16;14-9-10-1-3-11(4-2-10)12-5-7-13(15)8-6-12;1-2-3-4-6-9-10-7-5-8-11-9;2-1(3,4)8(5,6)7;;/h5-12H,2-4,13H2,1H3;1-8,15H;6H,2-5,7-8H2,1H3;(H,5,6,7);2*1H4. The highest BCUT2D eigenvalue weighted by Crippen LogP contribution is 2.35. The summed E-state index contributed by atoms with van der Waals surface area (Å²) in [5, 5.41) is 26.6. The van der Waals surface area contributed by atoms with Crippen LogP contribution in [0.1, 0.15) is 91.2 Å². The number of benzene rings is 4. The van der Waals surface area contributed by atoms with Gasteiger partial charge in [0.2, 0.25) is 0 Å². The first-order chi connectivity index (χ1) is 27.0. The van der Waals surface area contributed by atoms with Gasteiger partial charge in [-0.2, -0.15) is 40.9 Å². The third-order valence-corrected chi connectivity index (χ3v) is 10.9. The van der Waals surface area contributed by atoms with Crippen LogP contribution in [-0.4, -0.2) is 41.2 Å². The third-order valence-electron chi connectivity index (χ3n) is 7.69. The lowest BCUT2D eigenvalue weighted by Crippen LogP contribution is -2.24. The molecule has 1 heterocycles. The molecular weight excluding hydrogens is 828 g/mol. The Morgan fingerprint density at radius 3 is 1.46 bits per heavy atom. The summed E-state index contributed by atoms with van der Waals surface area (Å²) < 4.78 is 91.3. The number of alkyl halides is 5. The number of hydrogen-bond acceptors (Lipinski definition) is 8. The minimum atomic E-state index is -5.84. The zero-order chi connectivity index (χ0) is 42.3. The van der Waals surface area contributed by atoms with Crippen LogP contribution < -0.4 is 4.74 Å². The molecule has 5 rings (SSSR count). The third kappa shape index (κ3) is 21.9. The van der Waals surface area contributed by atoms with Gasteiger partial charge >= 0.3 is 21.7 Å². The smallest absolute Gasteiger partial charge is 0.508 e. The quantitative estimate of drug-likeness (QED) is 0.0654. The minimum Gasteiger partial charge on any atom is -0.508 e. The number of thioether (sulfide) groups is 2. The Bertz CT molecular complexity index is 1990. The number of unbranched alkanes of at least 4 members (excludes halogenated alkanes) is 4. The predicted molar refractivity (Wildman–Crippen MR) is 233 cm³/mol. The zero-order valence-electron chi connectivity index (χ0n) is 31.5. The van der Waals surface area contributed by atoms with E-state index in [0.29, 0.717) is 17.5 Å².